The van der Waals surface area contributed by atoms with Gasteiger partial charge in [0, 0.05) is 19.6 Å². The Kier molecular flexibility index (Phi) is 4.79. The van der Waals surface area contributed by atoms with Crippen molar-refractivity contribution in [3.05, 3.63) is 35.9 Å². The molecule has 1 aromatic carbocycles. The average Bonchev–Trinajstić information content (AvgIpc) is 2.93. The van der Waals surface area contributed by atoms with Crippen molar-refractivity contribution in [3.8, 4) is 0 Å². The van der Waals surface area contributed by atoms with Gasteiger partial charge in [0.15, 0.2) is 0 Å². The molecular formula is C18H26N2O2. The van der Waals surface area contributed by atoms with Crippen molar-refractivity contribution in [3.63, 3.8) is 0 Å². The molecule has 2 heterocycles. The molecule has 120 valence electrons. The van der Waals surface area contributed by atoms with E-state index in [-0.39, 0.29) is 18.1 Å². The summed E-state index contributed by atoms with van der Waals surface area (Å²) in [4.78, 5) is 17.0. The highest BCUT2D eigenvalue weighted by Gasteiger charge is 2.46. The molecule has 3 rings (SSSR count). The summed E-state index contributed by atoms with van der Waals surface area (Å²) in [5.41, 5.74) is 1.23. The topological polar surface area (TPSA) is 32.8 Å². The van der Waals surface area contributed by atoms with Crippen LogP contribution in [0.25, 0.3) is 0 Å². The number of likely N-dealkylation sites (N-methyl/N-ethyl adjacent to an activating group) is 1. The molecule has 2 aliphatic heterocycles. The fraction of sp³-hybridized carbons (Fsp3) is 0.611. The van der Waals surface area contributed by atoms with Crippen molar-refractivity contribution in [1.82, 2.24) is 9.80 Å². The molecule has 0 aromatic heterocycles. The van der Waals surface area contributed by atoms with Gasteiger partial charge >= 0.3 is 0 Å². The first-order valence-corrected chi connectivity index (χ1v) is 8.28. The third kappa shape index (κ3) is 3.18. The number of hydrogen-bond donors (Lipinski definition) is 0. The predicted molar refractivity (Wildman–Crippen MR) is 86.7 cm³/mol. The standard InChI is InChI=1S/C18H26N2O2/c1-19(2)16-13-20(15-9-6-12-22-18(15)16)17(21)11-10-14-7-4-3-5-8-14/h3-5,7-8,15-16,18H,6,9-13H2,1-2H3/t15-,16-,18+/m1/s1. The quantitative estimate of drug-likeness (QED) is 0.852. The van der Waals surface area contributed by atoms with Gasteiger partial charge in [0.25, 0.3) is 0 Å². The van der Waals surface area contributed by atoms with E-state index in [9.17, 15) is 4.79 Å². The fourth-order valence-corrected chi connectivity index (χ4v) is 3.71. The summed E-state index contributed by atoms with van der Waals surface area (Å²) in [5, 5.41) is 0. The number of nitrogens with zero attached hydrogens (tertiary/aromatic N) is 2. The van der Waals surface area contributed by atoms with Crippen LogP contribution in [0.4, 0.5) is 0 Å². The van der Waals surface area contributed by atoms with Crippen LogP contribution in [0.15, 0.2) is 30.3 Å². The van der Waals surface area contributed by atoms with Crippen LogP contribution in [0.2, 0.25) is 0 Å². The summed E-state index contributed by atoms with van der Waals surface area (Å²) in [5.74, 6) is 0.272. The molecule has 0 radical (unpaired) electrons. The molecule has 0 N–H and O–H groups in total. The number of rotatable bonds is 4. The summed E-state index contributed by atoms with van der Waals surface area (Å²) < 4.78 is 5.98. The fourth-order valence-electron chi connectivity index (χ4n) is 3.71. The molecule has 0 unspecified atom stereocenters. The van der Waals surface area contributed by atoms with Crippen molar-refractivity contribution in [2.75, 3.05) is 27.2 Å². The maximum absolute atomic E-state index is 12.7. The Balaban J connectivity index is 1.64. The summed E-state index contributed by atoms with van der Waals surface area (Å²) in [6.45, 7) is 1.63. The minimum atomic E-state index is 0.185. The van der Waals surface area contributed by atoms with Gasteiger partial charge in [0.2, 0.25) is 5.91 Å². The van der Waals surface area contributed by atoms with Gasteiger partial charge in [-0.3, -0.25) is 4.79 Å². The van der Waals surface area contributed by atoms with E-state index in [0.717, 1.165) is 32.4 Å². The summed E-state index contributed by atoms with van der Waals surface area (Å²) in [6.07, 6.45) is 3.73. The largest absolute Gasteiger partial charge is 0.374 e. The zero-order chi connectivity index (χ0) is 15.5. The van der Waals surface area contributed by atoms with E-state index in [4.69, 9.17) is 4.74 Å². The Morgan fingerprint density at radius 3 is 2.82 bits per heavy atom. The Morgan fingerprint density at radius 2 is 2.09 bits per heavy atom. The number of aryl methyl sites for hydroxylation is 1. The molecule has 0 aliphatic carbocycles. The number of benzene rings is 1. The molecule has 0 saturated carbocycles. The minimum Gasteiger partial charge on any atom is -0.374 e. The van der Waals surface area contributed by atoms with Crippen LogP contribution in [0.5, 0.6) is 0 Å². The molecule has 4 heteroatoms. The Labute approximate surface area is 133 Å². The van der Waals surface area contributed by atoms with E-state index < -0.39 is 0 Å². The van der Waals surface area contributed by atoms with Gasteiger partial charge < -0.3 is 14.5 Å². The monoisotopic (exact) mass is 302 g/mol. The van der Waals surface area contributed by atoms with Gasteiger partial charge in [-0.15, -0.1) is 0 Å². The molecule has 22 heavy (non-hydrogen) atoms. The number of amides is 1. The molecule has 4 nitrogen and oxygen atoms in total. The third-order valence-electron chi connectivity index (χ3n) is 4.95. The number of fused-ring (bicyclic) bond motifs is 1. The lowest BCUT2D eigenvalue weighted by Crippen LogP contribution is -2.45. The van der Waals surface area contributed by atoms with Crippen molar-refractivity contribution in [2.24, 2.45) is 0 Å². The van der Waals surface area contributed by atoms with Crippen LogP contribution in [0, 0.1) is 0 Å². The van der Waals surface area contributed by atoms with Gasteiger partial charge in [0.1, 0.15) is 0 Å². The van der Waals surface area contributed by atoms with Crippen LogP contribution in [0.3, 0.4) is 0 Å². The van der Waals surface area contributed by atoms with Crippen LogP contribution in [-0.2, 0) is 16.0 Å². The van der Waals surface area contributed by atoms with E-state index in [1.54, 1.807) is 0 Å². The third-order valence-corrected chi connectivity index (χ3v) is 4.95. The first kappa shape index (κ1) is 15.5. The Morgan fingerprint density at radius 1 is 1.32 bits per heavy atom. The number of carbonyl (C=O) groups excluding carboxylic acids is 1. The van der Waals surface area contributed by atoms with E-state index in [1.165, 1.54) is 5.56 Å². The molecule has 2 saturated heterocycles. The first-order valence-electron chi connectivity index (χ1n) is 8.28. The summed E-state index contributed by atoms with van der Waals surface area (Å²) in [7, 11) is 4.16. The predicted octanol–water partition coefficient (Wildman–Crippen LogP) is 1.94. The van der Waals surface area contributed by atoms with Crippen LogP contribution < -0.4 is 0 Å². The van der Waals surface area contributed by atoms with Crippen molar-refractivity contribution in [1.29, 1.82) is 0 Å². The molecule has 1 aromatic rings. The molecule has 2 aliphatic rings. The van der Waals surface area contributed by atoms with Crippen molar-refractivity contribution in [2.45, 2.75) is 43.9 Å². The van der Waals surface area contributed by atoms with E-state index in [1.807, 2.05) is 18.2 Å². The van der Waals surface area contributed by atoms with Crippen molar-refractivity contribution < 1.29 is 9.53 Å². The Hall–Kier alpha value is -1.39. The molecular weight excluding hydrogens is 276 g/mol. The first-order chi connectivity index (χ1) is 10.7. The second-order valence-electron chi connectivity index (χ2n) is 6.61. The van der Waals surface area contributed by atoms with Gasteiger partial charge in [-0.25, -0.2) is 0 Å². The summed E-state index contributed by atoms with van der Waals surface area (Å²) in [6, 6.07) is 10.8. The number of likely N-dealkylation sites (tertiary alicyclic amines) is 1. The highest BCUT2D eigenvalue weighted by atomic mass is 16.5. The van der Waals surface area contributed by atoms with Gasteiger partial charge in [-0.05, 0) is 38.9 Å². The molecule has 3 atom stereocenters. The SMILES string of the molecule is CN(C)[C@@H]1CN(C(=O)CCc2ccccc2)[C@@H]2CCCO[C@H]12. The highest BCUT2D eigenvalue weighted by molar-refractivity contribution is 5.77. The number of hydrogen-bond acceptors (Lipinski definition) is 3. The highest BCUT2D eigenvalue weighted by Crippen LogP contribution is 2.31. The molecule has 1 amide bonds. The van der Waals surface area contributed by atoms with E-state index >= 15 is 0 Å². The minimum absolute atomic E-state index is 0.185. The zero-order valence-corrected chi connectivity index (χ0v) is 13.6. The van der Waals surface area contributed by atoms with Crippen LogP contribution in [-0.4, -0.2) is 61.1 Å². The Bertz CT molecular complexity index is 503. The maximum Gasteiger partial charge on any atom is 0.223 e. The zero-order valence-electron chi connectivity index (χ0n) is 13.6. The van der Waals surface area contributed by atoms with Gasteiger partial charge in [-0.1, -0.05) is 30.3 Å². The maximum atomic E-state index is 12.7. The molecule has 2 fully saturated rings. The van der Waals surface area contributed by atoms with Crippen LogP contribution >= 0.6 is 0 Å². The number of ether oxygens (including phenoxy) is 1. The smallest absolute Gasteiger partial charge is 0.223 e. The van der Waals surface area contributed by atoms with E-state index in [0.29, 0.717) is 12.5 Å². The lowest BCUT2D eigenvalue weighted by atomic mass is 10.0. The normalized spacial score (nSPS) is 28.0. The second-order valence-corrected chi connectivity index (χ2v) is 6.61. The second kappa shape index (κ2) is 6.80. The van der Waals surface area contributed by atoms with Gasteiger partial charge in [-0.2, -0.15) is 0 Å². The lowest BCUT2D eigenvalue weighted by molar-refractivity contribution is -0.134. The van der Waals surface area contributed by atoms with Gasteiger partial charge in [0.05, 0.1) is 18.2 Å². The molecule has 0 bridgehead atoms. The van der Waals surface area contributed by atoms with E-state index in [2.05, 4.69) is 36.0 Å². The molecule has 0 spiro atoms. The average molecular weight is 302 g/mol. The lowest BCUT2D eigenvalue weighted by Gasteiger charge is -2.33. The summed E-state index contributed by atoms with van der Waals surface area (Å²) >= 11 is 0. The van der Waals surface area contributed by atoms with Crippen LogP contribution in [0.1, 0.15) is 24.8 Å². The van der Waals surface area contributed by atoms with Crippen molar-refractivity contribution >= 4 is 5.91 Å². The number of carbonyl (C=O) groups is 1.